The molecule has 0 bridgehead atoms. The predicted octanol–water partition coefficient (Wildman–Crippen LogP) is 4.47. The third-order valence-electron chi connectivity index (χ3n) is 6.88. The number of H-pyrrole nitrogens is 1. The van der Waals surface area contributed by atoms with Gasteiger partial charge in [0.2, 0.25) is 5.91 Å². The zero-order valence-corrected chi connectivity index (χ0v) is 20.4. The molecule has 4 aromatic rings. The minimum Gasteiger partial charge on any atom is -0.488 e. The number of aryl methyl sites for hydroxylation is 1. The second kappa shape index (κ2) is 8.36. The molecule has 2 aliphatic heterocycles. The molecular formula is C25H24ClN5O2S. The highest BCUT2D eigenvalue weighted by molar-refractivity contribution is 7.80. The summed E-state index contributed by atoms with van der Waals surface area (Å²) in [4.78, 5) is 21.4. The lowest BCUT2D eigenvalue weighted by Crippen LogP contribution is -2.58. The summed E-state index contributed by atoms with van der Waals surface area (Å²) in [5.74, 6) is 1.47. The molecule has 34 heavy (non-hydrogen) atoms. The number of aromatic nitrogens is 3. The number of hydrogen-bond acceptors (Lipinski definition) is 6. The van der Waals surface area contributed by atoms with Crippen molar-refractivity contribution in [2.45, 2.75) is 19.4 Å². The van der Waals surface area contributed by atoms with Crippen LogP contribution in [0.25, 0.3) is 32.9 Å². The number of nitrogens with zero attached hydrogens (tertiary/aromatic N) is 4. The van der Waals surface area contributed by atoms with Crippen LogP contribution in [0.1, 0.15) is 12.0 Å². The summed E-state index contributed by atoms with van der Waals surface area (Å²) < 4.78 is 6.10. The fourth-order valence-corrected chi connectivity index (χ4v) is 5.67. The molecule has 7 nitrogen and oxygen atoms in total. The van der Waals surface area contributed by atoms with E-state index in [1.807, 2.05) is 23.2 Å². The number of pyridine rings is 1. The molecule has 2 aliphatic rings. The Balaban J connectivity index is 1.44. The number of ether oxygens (including phenoxy) is 1. The van der Waals surface area contributed by atoms with Crippen molar-refractivity contribution in [1.29, 1.82) is 0 Å². The maximum Gasteiger partial charge on any atom is 0.223 e. The first-order valence-corrected chi connectivity index (χ1v) is 12.4. The fourth-order valence-electron chi connectivity index (χ4n) is 5.22. The first-order chi connectivity index (χ1) is 16.5. The van der Waals surface area contributed by atoms with Crippen molar-refractivity contribution in [1.82, 2.24) is 20.1 Å². The van der Waals surface area contributed by atoms with Crippen molar-refractivity contribution < 1.29 is 9.53 Å². The summed E-state index contributed by atoms with van der Waals surface area (Å²) in [7, 11) is 0. The normalized spacial score (nSPS) is 17.6. The summed E-state index contributed by atoms with van der Waals surface area (Å²) >= 11 is 11.1. The molecule has 0 saturated carbocycles. The summed E-state index contributed by atoms with van der Waals surface area (Å²) in [5.41, 5.74) is 5.95. The summed E-state index contributed by atoms with van der Waals surface area (Å²) in [6, 6.07) is 8.26. The standard InChI is InChI=1S/C25H24ClN5O2S/c1-14-2-3-20-18(10-28-29-20)24(14)16-9-21-17(8-19(16)26)25-22(11-27-21)33-13-15-12-30(5-6-31(15)25)23(32)4-7-34/h2-3,8-11,15,34H,4-7,12-13H2,1H3,(H,28,29)/t15-/m1/s1. The highest BCUT2D eigenvalue weighted by Crippen LogP contribution is 2.44. The van der Waals surface area contributed by atoms with Gasteiger partial charge < -0.3 is 14.5 Å². The van der Waals surface area contributed by atoms with Crippen molar-refractivity contribution in [2.24, 2.45) is 0 Å². The number of halogens is 1. The number of anilines is 1. The monoisotopic (exact) mass is 493 g/mol. The van der Waals surface area contributed by atoms with Crippen molar-refractivity contribution in [2.75, 3.05) is 36.9 Å². The maximum atomic E-state index is 12.4. The molecule has 0 aliphatic carbocycles. The van der Waals surface area contributed by atoms with E-state index in [1.165, 1.54) is 0 Å². The third kappa shape index (κ3) is 3.39. The maximum absolute atomic E-state index is 12.4. The molecule has 1 fully saturated rings. The number of nitrogens with one attached hydrogen (secondary N) is 1. The zero-order chi connectivity index (χ0) is 23.4. The average Bonchev–Trinajstić information content (AvgIpc) is 3.32. The summed E-state index contributed by atoms with van der Waals surface area (Å²) in [6.45, 7) is 4.67. The van der Waals surface area contributed by atoms with Gasteiger partial charge in [0, 0.05) is 47.4 Å². The van der Waals surface area contributed by atoms with Crippen molar-refractivity contribution >= 4 is 57.6 Å². The van der Waals surface area contributed by atoms with Crippen LogP contribution in [-0.2, 0) is 4.79 Å². The van der Waals surface area contributed by atoms with Gasteiger partial charge in [-0.2, -0.15) is 17.7 Å². The number of amides is 1. The Morgan fingerprint density at radius 2 is 2.15 bits per heavy atom. The van der Waals surface area contributed by atoms with E-state index in [2.05, 4.69) is 46.8 Å². The van der Waals surface area contributed by atoms with Crippen molar-refractivity contribution in [3.8, 4) is 16.9 Å². The molecule has 1 saturated heterocycles. The van der Waals surface area contributed by atoms with Crippen LogP contribution in [0.2, 0.25) is 5.02 Å². The molecule has 1 amide bonds. The highest BCUT2D eigenvalue weighted by Gasteiger charge is 2.35. The Bertz CT molecular complexity index is 1440. The molecular weight excluding hydrogens is 470 g/mol. The Morgan fingerprint density at radius 3 is 3.00 bits per heavy atom. The van der Waals surface area contributed by atoms with E-state index in [-0.39, 0.29) is 11.9 Å². The van der Waals surface area contributed by atoms with Crippen LogP contribution < -0.4 is 9.64 Å². The van der Waals surface area contributed by atoms with E-state index in [0.717, 1.165) is 56.5 Å². The lowest BCUT2D eigenvalue weighted by molar-refractivity contribution is -0.131. The Kier molecular flexibility index (Phi) is 5.30. The van der Waals surface area contributed by atoms with Gasteiger partial charge in [-0.05, 0) is 42.0 Å². The summed E-state index contributed by atoms with van der Waals surface area (Å²) in [5, 5.41) is 9.91. The van der Waals surface area contributed by atoms with Crippen molar-refractivity contribution in [3.05, 3.63) is 47.2 Å². The van der Waals surface area contributed by atoms with Gasteiger partial charge in [-0.3, -0.25) is 14.9 Å². The first kappa shape index (κ1) is 21.6. The molecule has 9 heteroatoms. The second-order valence-corrected chi connectivity index (χ2v) is 9.73. The number of benzene rings is 2. The van der Waals surface area contributed by atoms with Gasteiger partial charge >= 0.3 is 0 Å². The van der Waals surface area contributed by atoms with Crippen LogP contribution in [0.15, 0.2) is 36.7 Å². The zero-order valence-electron chi connectivity index (χ0n) is 18.7. The molecule has 2 aromatic carbocycles. The molecule has 4 heterocycles. The number of carbonyl (C=O) groups is 1. The van der Waals surface area contributed by atoms with Gasteiger partial charge in [-0.1, -0.05) is 17.7 Å². The van der Waals surface area contributed by atoms with Gasteiger partial charge in [-0.25, -0.2) is 0 Å². The van der Waals surface area contributed by atoms with E-state index in [9.17, 15) is 4.79 Å². The van der Waals surface area contributed by atoms with E-state index in [4.69, 9.17) is 21.3 Å². The lowest BCUT2D eigenvalue weighted by atomic mass is 9.95. The van der Waals surface area contributed by atoms with E-state index < -0.39 is 0 Å². The second-order valence-electron chi connectivity index (χ2n) is 8.88. The Labute approximate surface area is 207 Å². The SMILES string of the molecule is Cc1ccc2[nH]ncc2c1-c1cc2ncc3c(c2cc1Cl)N1CCN(C(=O)CCS)C[C@@H]1CO3. The average molecular weight is 494 g/mol. The lowest BCUT2D eigenvalue weighted by Gasteiger charge is -2.45. The van der Waals surface area contributed by atoms with E-state index in [1.54, 1.807) is 6.20 Å². The number of thiol groups is 1. The van der Waals surface area contributed by atoms with Crippen LogP contribution in [0, 0.1) is 6.92 Å². The first-order valence-electron chi connectivity index (χ1n) is 11.4. The van der Waals surface area contributed by atoms with Crippen LogP contribution >= 0.6 is 24.2 Å². The predicted molar refractivity (Wildman–Crippen MR) is 138 cm³/mol. The number of rotatable bonds is 3. The molecule has 174 valence electrons. The van der Waals surface area contributed by atoms with Gasteiger partial charge in [-0.15, -0.1) is 0 Å². The van der Waals surface area contributed by atoms with Crippen LogP contribution in [0.5, 0.6) is 5.75 Å². The minimum absolute atomic E-state index is 0.0936. The molecule has 2 aromatic heterocycles. The molecule has 1 atom stereocenters. The minimum atomic E-state index is 0.0936. The van der Waals surface area contributed by atoms with E-state index in [0.29, 0.717) is 36.9 Å². The highest BCUT2D eigenvalue weighted by atomic mass is 35.5. The fraction of sp³-hybridized carbons (Fsp3) is 0.320. The van der Waals surface area contributed by atoms with Crippen LogP contribution in [0.3, 0.4) is 0 Å². The smallest absolute Gasteiger partial charge is 0.223 e. The molecule has 0 unspecified atom stereocenters. The quantitative estimate of drug-likeness (QED) is 0.412. The Morgan fingerprint density at radius 1 is 1.26 bits per heavy atom. The Hall–Kier alpha value is -2.97. The molecule has 1 N–H and O–H groups in total. The third-order valence-corrected chi connectivity index (χ3v) is 7.41. The van der Waals surface area contributed by atoms with Gasteiger partial charge in [0.05, 0.1) is 35.2 Å². The van der Waals surface area contributed by atoms with Crippen molar-refractivity contribution in [3.63, 3.8) is 0 Å². The van der Waals surface area contributed by atoms with Crippen LogP contribution in [-0.4, -0.2) is 64.0 Å². The van der Waals surface area contributed by atoms with Crippen LogP contribution in [0.4, 0.5) is 5.69 Å². The van der Waals surface area contributed by atoms with Gasteiger partial charge in [0.1, 0.15) is 6.61 Å². The van der Waals surface area contributed by atoms with E-state index >= 15 is 0 Å². The molecule has 0 spiro atoms. The number of aromatic amines is 1. The topological polar surface area (TPSA) is 74.4 Å². The number of fused-ring (bicyclic) bond motifs is 6. The largest absolute Gasteiger partial charge is 0.488 e. The number of hydrogen-bond donors (Lipinski definition) is 2. The number of carbonyl (C=O) groups excluding carboxylic acids is 1. The molecule has 6 rings (SSSR count). The summed E-state index contributed by atoms with van der Waals surface area (Å²) in [6.07, 6.45) is 4.10. The van der Waals surface area contributed by atoms with Gasteiger partial charge in [0.25, 0.3) is 0 Å². The van der Waals surface area contributed by atoms with Gasteiger partial charge in [0.15, 0.2) is 5.75 Å². The molecule has 0 radical (unpaired) electrons. The number of piperazine rings is 1.